The van der Waals surface area contributed by atoms with E-state index in [1.165, 1.54) is 11.6 Å². The predicted molar refractivity (Wildman–Crippen MR) is 102 cm³/mol. The number of amides is 1. The topological polar surface area (TPSA) is 55.4 Å². The van der Waals surface area contributed by atoms with Crippen LogP contribution in [0.25, 0.3) is 6.08 Å². The molecule has 0 fully saturated rings. The van der Waals surface area contributed by atoms with Gasteiger partial charge in [0.15, 0.2) is 6.61 Å². The van der Waals surface area contributed by atoms with Crippen molar-refractivity contribution >= 4 is 29.6 Å². The largest absolute Gasteiger partial charge is 0.452 e. The highest BCUT2D eigenvalue weighted by atomic mass is 35.5. The van der Waals surface area contributed by atoms with Crippen LogP contribution in [0.2, 0.25) is 5.02 Å². The van der Waals surface area contributed by atoms with Gasteiger partial charge in [0, 0.05) is 11.1 Å². The van der Waals surface area contributed by atoms with Crippen molar-refractivity contribution < 1.29 is 14.3 Å². The van der Waals surface area contributed by atoms with Crippen molar-refractivity contribution in [2.24, 2.45) is 0 Å². The monoisotopic (exact) mass is 369 g/mol. The maximum atomic E-state index is 12.1. The first-order valence-electron chi connectivity index (χ1n) is 8.60. The van der Waals surface area contributed by atoms with Crippen molar-refractivity contribution in [2.45, 2.75) is 25.3 Å². The Morgan fingerprint density at radius 3 is 2.77 bits per heavy atom. The molecule has 0 bridgehead atoms. The predicted octanol–water partition coefficient (Wildman–Crippen LogP) is 4.09. The fourth-order valence-electron chi connectivity index (χ4n) is 3.09. The summed E-state index contributed by atoms with van der Waals surface area (Å²) in [6.07, 6.45) is 5.79. The first kappa shape index (κ1) is 18.2. The molecule has 0 saturated heterocycles. The molecule has 1 aliphatic carbocycles. The zero-order valence-electron chi connectivity index (χ0n) is 14.3. The number of fused-ring (bicyclic) bond motifs is 1. The van der Waals surface area contributed by atoms with Gasteiger partial charge in [-0.1, -0.05) is 54.1 Å². The number of hydrogen-bond donors (Lipinski definition) is 1. The molecule has 2 aromatic carbocycles. The van der Waals surface area contributed by atoms with Crippen LogP contribution in [0.5, 0.6) is 0 Å². The third kappa shape index (κ3) is 4.73. The molecule has 0 saturated carbocycles. The number of carbonyl (C=O) groups is 2. The average molecular weight is 370 g/mol. The van der Waals surface area contributed by atoms with Crippen molar-refractivity contribution in [1.29, 1.82) is 0 Å². The normalized spacial score (nSPS) is 16.1. The lowest BCUT2D eigenvalue weighted by molar-refractivity contribution is -0.144. The minimum Gasteiger partial charge on any atom is -0.452 e. The quantitative estimate of drug-likeness (QED) is 0.638. The van der Waals surface area contributed by atoms with Gasteiger partial charge in [-0.15, -0.1) is 0 Å². The minimum atomic E-state index is -0.580. The molecule has 0 aliphatic heterocycles. The van der Waals surface area contributed by atoms with Crippen LogP contribution >= 0.6 is 11.6 Å². The van der Waals surface area contributed by atoms with Crippen molar-refractivity contribution in [2.75, 3.05) is 6.61 Å². The second-order valence-electron chi connectivity index (χ2n) is 6.17. The van der Waals surface area contributed by atoms with Gasteiger partial charge in [-0.25, -0.2) is 4.79 Å². The summed E-state index contributed by atoms with van der Waals surface area (Å²) in [5, 5.41) is 3.50. The molecule has 4 nitrogen and oxygen atoms in total. The van der Waals surface area contributed by atoms with Crippen LogP contribution in [0, 0.1) is 0 Å². The average Bonchev–Trinajstić information content (AvgIpc) is 2.66. The minimum absolute atomic E-state index is 0.0233. The van der Waals surface area contributed by atoms with Crippen LogP contribution in [0.15, 0.2) is 54.6 Å². The van der Waals surface area contributed by atoms with Crippen molar-refractivity contribution in [1.82, 2.24) is 5.32 Å². The van der Waals surface area contributed by atoms with Gasteiger partial charge >= 0.3 is 5.97 Å². The van der Waals surface area contributed by atoms with Crippen LogP contribution in [0.3, 0.4) is 0 Å². The smallest absolute Gasteiger partial charge is 0.331 e. The summed E-state index contributed by atoms with van der Waals surface area (Å²) in [5.74, 6) is -0.879. The highest BCUT2D eigenvalue weighted by Gasteiger charge is 2.21. The number of esters is 1. The zero-order chi connectivity index (χ0) is 18.4. The first-order valence-corrected chi connectivity index (χ1v) is 8.98. The van der Waals surface area contributed by atoms with Crippen molar-refractivity contribution in [3.63, 3.8) is 0 Å². The summed E-state index contributed by atoms with van der Waals surface area (Å²) in [7, 11) is 0. The molecule has 2 aromatic rings. The molecular weight excluding hydrogens is 350 g/mol. The Kier molecular flexibility index (Phi) is 6.08. The van der Waals surface area contributed by atoms with E-state index in [2.05, 4.69) is 11.4 Å². The third-order valence-electron chi connectivity index (χ3n) is 4.35. The van der Waals surface area contributed by atoms with E-state index in [0.717, 1.165) is 30.4 Å². The maximum Gasteiger partial charge on any atom is 0.331 e. The van der Waals surface area contributed by atoms with Crippen LogP contribution in [-0.4, -0.2) is 18.5 Å². The lowest BCUT2D eigenvalue weighted by Crippen LogP contribution is -2.34. The fourth-order valence-corrected chi connectivity index (χ4v) is 3.29. The second kappa shape index (κ2) is 8.68. The summed E-state index contributed by atoms with van der Waals surface area (Å²) in [5.41, 5.74) is 3.13. The van der Waals surface area contributed by atoms with E-state index in [-0.39, 0.29) is 18.6 Å². The second-order valence-corrected chi connectivity index (χ2v) is 6.58. The van der Waals surface area contributed by atoms with E-state index in [1.807, 2.05) is 30.3 Å². The number of hydrogen-bond acceptors (Lipinski definition) is 3. The number of ether oxygens (including phenoxy) is 1. The van der Waals surface area contributed by atoms with E-state index >= 15 is 0 Å². The van der Waals surface area contributed by atoms with Gasteiger partial charge in [0.1, 0.15) is 0 Å². The Labute approximate surface area is 157 Å². The Hall–Kier alpha value is -2.59. The van der Waals surface area contributed by atoms with Gasteiger partial charge in [-0.2, -0.15) is 0 Å². The van der Waals surface area contributed by atoms with Crippen LogP contribution in [-0.2, 0) is 20.7 Å². The SMILES string of the molecule is O=C(COC(=O)/C=C/c1ccccc1Cl)N[C@@H]1CCCc2ccccc21. The Bertz CT molecular complexity index is 832. The van der Waals surface area contributed by atoms with Gasteiger partial charge in [-0.3, -0.25) is 4.79 Å². The number of nitrogens with one attached hydrogen (secondary N) is 1. The molecule has 1 N–H and O–H groups in total. The van der Waals surface area contributed by atoms with Gasteiger partial charge in [0.2, 0.25) is 0 Å². The molecule has 1 aliphatic rings. The van der Waals surface area contributed by atoms with Crippen molar-refractivity contribution in [3.05, 3.63) is 76.3 Å². The van der Waals surface area contributed by atoms with E-state index in [9.17, 15) is 9.59 Å². The Balaban J connectivity index is 1.50. The maximum absolute atomic E-state index is 12.1. The van der Waals surface area contributed by atoms with Gasteiger partial charge in [0.25, 0.3) is 5.91 Å². The molecular formula is C21H20ClNO3. The molecule has 3 rings (SSSR count). The standard InChI is InChI=1S/C21H20ClNO3/c22-18-10-4-2-7-16(18)12-13-21(25)26-14-20(24)23-19-11-5-8-15-6-1-3-9-17(15)19/h1-4,6-7,9-10,12-13,19H,5,8,11,14H2,(H,23,24)/b13-12+/t19-/m1/s1. The van der Waals surface area contributed by atoms with Crippen LogP contribution < -0.4 is 5.32 Å². The highest BCUT2D eigenvalue weighted by molar-refractivity contribution is 6.32. The Morgan fingerprint density at radius 2 is 1.92 bits per heavy atom. The molecule has 26 heavy (non-hydrogen) atoms. The van der Waals surface area contributed by atoms with E-state index < -0.39 is 5.97 Å². The Morgan fingerprint density at radius 1 is 1.15 bits per heavy atom. The van der Waals surface area contributed by atoms with Gasteiger partial charge < -0.3 is 10.1 Å². The molecule has 1 amide bonds. The summed E-state index contributed by atoms with van der Waals surface area (Å²) in [4.78, 5) is 23.9. The molecule has 0 unspecified atom stereocenters. The molecule has 5 heteroatoms. The molecule has 0 spiro atoms. The molecule has 134 valence electrons. The van der Waals surface area contributed by atoms with Crippen LogP contribution in [0.1, 0.15) is 35.6 Å². The van der Waals surface area contributed by atoms with Gasteiger partial charge in [-0.05, 0) is 48.1 Å². The molecule has 0 heterocycles. The van der Waals surface area contributed by atoms with E-state index in [1.54, 1.807) is 18.2 Å². The number of halogens is 1. The summed E-state index contributed by atoms with van der Waals surface area (Å²) < 4.78 is 5.01. The fraction of sp³-hybridized carbons (Fsp3) is 0.238. The number of aryl methyl sites for hydroxylation is 1. The van der Waals surface area contributed by atoms with Crippen molar-refractivity contribution in [3.8, 4) is 0 Å². The highest BCUT2D eigenvalue weighted by Crippen LogP contribution is 2.29. The summed E-state index contributed by atoms with van der Waals surface area (Å²) >= 11 is 6.02. The van der Waals surface area contributed by atoms with E-state index in [0.29, 0.717) is 5.02 Å². The lowest BCUT2D eigenvalue weighted by Gasteiger charge is -2.26. The zero-order valence-corrected chi connectivity index (χ0v) is 15.0. The summed E-state index contributed by atoms with van der Waals surface area (Å²) in [6.45, 7) is -0.301. The number of benzene rings is 2. The third-order valence-corrected chi connectivity index (χ3v) is 4.70. The van der Waals surface area contributed by atoms with Gasteiger partial charge in [0.05, 0.1) is 6.04 Å². The summed E-state index contributed by atoms with van der Waals surface area (Å²) in [6, 6.07) is 15.3. The van der Waals surface area contributed by atoms with Crippen LogP contribution in [0.4, 0.5) is 0 Å². The number of rotatable bonds is 5. The molecule has 1 atom stereocenters. The molecule has 0 radical (unpaired) electrons. The molecule has 0 aromatic heterocycles. The van der Waals surface area contributed by atoms with E-state index in [4.69, 9.17) is 16.3 Å². The number of carbonyl (C=O) groups excluding carboxylic acids is 2. The first-order chi connectivity index (χ1) is 12.6. The lowest BCUT2D eigenvalue weighted by atomic mass is 9.88.